The maximum atomic E-state index is 11.0. The van der Waals surface area contributed by atoms with Crippen LogP contribution in [0, 0.1) is 5.92 Å². The van der Waals surface area contributed by atoms with Crippen molar-refractivity contribution in [1.82, 2.24) is 4.90 Å². The Balaban J connectivity index is 1.89. The molecule has 2 rings (SSSR count). The lowest BCUT2D eigenvalue weighted by molar-refractivity contribution is -0.142. The van der Waals surface area contributed by atoms with Crippen molar-refractivity contribution in [1.29, 1.82) is 0 Å². The molecule has 2 heterocycles. The Morgan fingerprint density at radius 1 is 1.40 bits per heavy atom. The minimum Gasteiger partial charge on any atom is -0.481 e. The number of carboxylic acid groups (broad SMARTS) is 1. The van der Waals surface area contributed by atoms with Crippen molar-refractivity contribution in [2.45, 2.75) is 57.5 Å². The van der Waals surface area contributed by atoms with Crippen molar-refractivity contribution in [3.8, 4) is 0 Å². The Kier molecular flexibility index (Phi) is 3.29. The van der Waals surface area contributed by atoms with E-state index in [1.54, 1.807) is 0 Å². The zero-order valence-corrected chi connectivity index (χ0v) is 9.48. The fourth-order valence-electron chi connectivity index (χ4n) is 3.26. The average Bonchev–Trinajstić information content (AvgIpc) is 2.75. The van der Waals surface area contributed by atoms with Crippen LogP contribution in [0.1, 0.15) is 45.4 Å². The van der Waals surface area contributed by atoms with Crippen molar-refractivity contribution in [3.63, 3.8) is 0 Å². The number of rotatable bonds is 5. The lowest BCUT2D eigenvalue weighted by Gasteiger charge is -2.22. The predicted molar refractivity (Wildman–Crippen MR) is 58.8 cm³/mol. The van der Waals surface area contributed by atoms with Crippen LogP contribution >= 0.6 is 0 Å². The zero-order valence-electron chi connectivity index (χ0n) is 9.48. The van der Waals surface area contributed by atoms with Gasteiger partial charge in [0.1, 0.15) is 0 Å². The van der Waals surface area contributed by atoms with Crippen LogP contribution in [-0.4, -0.2) is 34.6 Å². The number of unbranched alkanes of at least 4 members (excludes halogenated alkanes) is 2. The van der Waals surface area contributed by atoms with Gasteiger partial charge in [-0.2, -0.15) is 0 Å². The zero-order chi connectivity index (χ0) is 10.8. The highest BCUT2D eigenvalue weighted by Gasteiger charge is 2.48. The summed E-state index contributed by atoms with van der Waals surface area (Å²) in [7, 11) is 0. The van der Waals surface area contributed by atoms with Crippen LogP contribution in [-0.2, 0) is 4.79 Å². The summed E-state index contributed by atoms with van der Waals surface area (Å²) in [5.41, 5.74) is 0. The minimum absolute atomic E-state index is 0.0784. The van der Waals surface area contributed by atoms with Gasteiger partial charge in [0.25, 0.3) is 0 Å². The molecule has 1 N–H and O–H groups in total. The molecule has 15 heavy (non-hydrogen) atoms. The van der Waals surface area contributed by atoms with Gasteiger partial charge in [-0.1, -0.05) is 19.8 Å². The van der Waals surface area contributed by atoms with Crippen LogP contribution in [0.4, 0.5) is 0 Å². The highest BCUT2D eigenvalue weighted by Crippen LogP contribution is 2.41. The van der Waals surface area contributed by atoms with E-state index < -0.39 is 5.97 Å². The average molecular weight is 211 g/mol. The Morgan fingerprint density at radius 3 is 2.80 bits per heavy atom. The summed E-state index contributed by atoms with van der Waals surface area (Å²) in [6.45, 7) is 3.32. The molecule has 0 amide bonds. The van der Waals surface area contributed by atoms with E-state index >= 15 is 0 Å². The van der Waals surface area contributed by atoms with Crippen LogP contribution < -0.4 is 0 Å². The van der Waals surface area contributed by atoms with Crippen LogP contribution in [0.2, 0.25) is 0 Å². The van der Waals surface area contributed by atoms with Crippen molar-refractivity contribution < 1.29 is 9.90 Å². The maximum Gasteiger partial charge on any atom is 0.308 e. The van der Waals surface area contributed by atoms with E-state index in [2.05, 4.69) is 11.8 Å². The van der Waals surface area contributed by atoms with Gasteiger partial charge in [-0.05, 0) is 32.2 Å². The summed E-state index contributed by atoms with van der Waals surface area (Å²) in [5, 5.41) is 9.10. The SMILES string of the molecule is CCCCCN1C2CCC1C(C(=O)O)C2. The van der Waals surface area contributed by atoms with Crippen molar-refractivity contribution in [2.75, 3.05) is 6.54 Å². The fraction of sp³-hybridized carbons (Fsp3) is 0.917. The van der Waals surface area contributed by atoms with Gasteiger partial charge >= 0.3 is 5.97 Å². The molecule has 0 saturated carbocycles. The molecular weight excluding hydrogens is 190 g/mol. The lowest BCUT2D eigenvalue weighted by Crippen LogP contribution is -2.33. The molecule has 0 aromatic carbocycles. The van der Waals surface area contributed by atoms with Crippen molar-refractivity contribution in [2.24, 2.45) is 5.92 Å². The summed E-state index contributed by atoms with van der Waals surface area (Å²) < 4.78 is 0. The van der Waals surface area contributed by atoms with E-state index in [0.717, 1.165) is 19.4 Å². The first-order chi connectivity index (χ1) is 7.24. The van der Waals surface area contributed by atoms with E-state index in [4.69, 9.17) is 5.11 Å². The Morgan fingerprint density at radius 2 is 2.20 bits per heavy atom. The van der Waals surface area contributed by atoms with Gasteiger partial charge in [0.2, 0.25) is 0 Å². The largest absolute Gasteiger partial charge is 0.481 e. The monoisotopic (exact) mass is 211 g/mol. The molecule has 0 aliphatic carbocycles. The van der Waals surface area contributed by atoms with E-state index in [0.29, 0.717) is 12.1 Å². The topological polar surface area (TPSA) is 40.5 Å². The Bertz CT molecular complexity index is 242. The second-order valence-electron chi connectivity index (χ2n) is 4.92. The van der Waals surface area contributed by atoms with Gasteiger partial charge in [0.15, 0.2) is 0 Å². The number of hydrogen-bond donors (Lipinski definition) is 1. The smallest absolute Gasteiger partial charge is 0.308 e. The number of carboxylic acids is 1. The standard InChI is InChI=1S/C12H21NO2/c1-2-3-4-7-13-9-5-6-11(13)10(8-9)12(14)15/h9-11H,2-8H2,1H3,(H,14,15). The van der Waals surface area contributed by atoms with Crippen molar-refractivity contribution in [3.05, 3.63) is 0 Å². The molecule has 2 fully saturated rings. The molecule has 3 nitrogen and oxygen atoms in total. The number of aliphatic carboxylic acids is 1. The van der Waals surface area contributed by atoms with Gasteiger partial charge in [0.05, 0.1) is 5.92 Å². The molecule has 2 bridgehead atoms. The van der Waals surface area contributed by atoms with E-state index in [1.165, 1.54) is 25.7 Å². The summed E-state index contributed by atoms with van der Waals surface area (Å²) >= 11 is 0. The molecule has 2 aliphatic rings. The summed E-state index contributed by atoms with van der Waals surface area (Å²) in [6.07, 6.45) is 6.97. The normalized spacial score (nSPS) is 34.9. The Hall–Kier alpha value is -0.570. The molecular formula is C12H21NO2. The molecule has 2 saturated heterocycles. The highest BCUT2D eigenvalue weighted by atomic mass is 16.4. The molecule has 86 valence electrons. The van der Waals surface area contributed by atoms with E-state index in [1.807, 2.05) is 0 Å². The number of carbonyl (C=O) groups is 1. The molecule has 3 atom stereocenters. The molecule has 0 spiro atoms. The molecule has 0 aromatic heterocycles. The second-order valence-corrected chi connectivity index (χ2v) is 4.92. The fourth-order valence-corrected chi connectivity index (χ4v) is 3.26. The second kappa shape index (κ2) is 4.52. The predicted octanol–water partition coefficient (Wildman–Crippen LogP) is 2.11. The summed E-state index contributed by atoms with van der Waals surface area (Å²) in [4.78, 5) is 13.5. The summed E-state index contributed by atoms with van der Waals surface area (Å²) in [6, 6.07) is 0.928. The molecule has 0 aromatic rings. The third-order valence-corrected chi connectivity index (χ3v) is 4.02. The minimum atomic E-state index is -0.581. The van der Waals surface area contributed by atoms with Crippen LogP contribution in [0.25, 0.3) is 0 Å². The van der Waals surface area contributed by atoms with Gasteiger partial charge < -0.3 is 5.11 Å². The van der Waals surface area contributed by atoms with E-state index in [9.17, 15) is 4.79 Å². The number of hydrogen-bond acceptors (Lipinski definition) is 2. The quantitative estimate of drug-likeness (QED) is 0.708. The third-order valence-electron chi connectivity index (χ3n) is 4.02. The molecule has 3 heteroatoms. The van der Waals surface area contributed by atoms with Crippen molar-refractivity contribution >= 4 is 5.97 Å². The van der Waals surface area contributed by atoms with E-state index in [-0.39, 0.29) is 5.92 Å². The highest BCUT2D eigenvalue weighted by molar-refractivity contribution is 5.71. The molecule has 2 aliphatic heterocycles. The van der Waals surface area contributed by atoms with Gasteiger partial charge in [0, 0.05) is 12.1 Å². The first kappa shape index (κ1) is 10.9. The first-order valence-electron chi connectivity index (χ1n) is 6.22. The van der Waals surface area contributed by atoms with Crippen LogP contribution in [0.15, 0.2) is 0 Å². The molecule has 3 unspecified atom stereocenters. The number of fused-ring (bicyclic) bond motifs is 2. The van der Waals surface area contributed by atoms with Gasteiger partial charge in [-0.25, -0.2) is 0 Å². The number of nitrogens with zero attached hydrogens (tertiary/aromatic N) is 1. The van der Waals surface area contributed by atoms with Crippen LogP contribution in [0.3, 0.4) is 0 Å². The maximum absolute atomic E-state index is 11.0. The van der Waals surface area contributed by atoms with Crippen LogP contribution in [0.5, 0.6) is 0 Å². The lowest BCUT2D eigenvalue weighted by atomic mass is 9.89. The Labute approximate surface area is 91.5 Å². The third kappa shape index (κ3) is 2.03. The van der Waals surface area contributed by atoms with Gasteiger partial charge in [-0.3, -0.25) is 9.69 Å². The summed E-state index contributed by atoms with van der Waals surface area (Å²) in [5.74, 6) is -0.659. The first-order valence-corrected chi connectivity index (χ1v) is 6.22. The molecule has 0 radical (unpaired) electrons. The van der Waals surface area contributed by atoms with Gasteiger partial charge in [-0.15, -0.1) is 0 Å².